The molecule has 1 aliphatic carbocycles. The van der Waals surface area contributed by atoms with E-state index in [1.165, 1.54) is 0 Å². The molecule has 3 aliphatic rings. The normalized spacial score (nSPS) is 23.1. The number of fused-ring (bicyclic) bond motifs is 4. The molecule has 9 nitrogen and oxygen atoms in total. The molecular weight excluding hydrogens is 382 g/mol. The summed E-state index contributed by atoms with van der Waals surface area (Å²) in [6, 6.07) is 3.52. The van der Waals surface area contributed by atoms with Crippen molar-refractivity contribution in [2.45, 2.75) is 31.6 Å². The first kappa shape index (κ1) is 17.6. The molecule has 154 valence electrons. The van der Waals surface area contributed by atoms with Crippen molar-refractivity contribution in [2.75, 3.05) is 31.1 Å². The van der Waals surface area contributed by atoms with Gasteiger partial charge in [0.2, 0.25) is 5.95 Å². The van der Waals surface area contributed by atoms with Crippen molar-refractivity contribution >= 4 is 17.5 Å². The number of H-pyrrole nitrogens is 1. The Morgan fingerprint density at radius 2 is 2.07 bits per heavy atom. The van der Waals surface area contributed by atoms with Crippen LogP contribution in [-0.2, 0) is 6.42 Å². The molecule has 0 radical (unpaired) electrons. The topological polar surface area (TPSA) is 99.5 Å². The fraction of sp³-hybridized carbons (Fsp3) is 0.476. The van der Waals surface area contributed by atoms with E-state index in [1.54, 1.807) is 29.0 Å². The zero-order valence-electron chi connectivity index (χ0n) is 16.6. The molecule has 5 heterocycles. The van der Waals surface area contributed by atoms with Crippen molar-refractivity contribution in [3.05, 3.63) is 51.8 Å². The van der Waals surface area contributed by atoms with Crippen LogP contribution in [0.5, 0.6) is 0 Å². The number of nitrogens with zero attached hydrogens (tertiary/aromatic N) is 6. The number of likely N-dealkylation sites (tertiary alicyclic amines) is 1. The second-order valence-corrected chi connectivity index (χ2v) is 8.51. The number of carbonyl (C=O) groups is 1. The lowest BCUT2D eigenvalue weighted by molar-refractivity contribution is 0.0779. The maximum atomic E-state index is 13.1. The Hall–Kier alpha value is -3.23. The van der Waals surface area contributed by atoms with Gasteiger partial charge < -0.3 is 9.80 Å². The average Bonchev–Trinajstić information content (AvgIpc) is 3.51. The van der Waals surface area contributed by atoms with Crippen molar-refractivity contribution < 1.29 is 4.79 Å². The van der Waals surface area contributed by atoms with Crippen LogP contribution in [0, 0.1) is 5.92 Å². The van der Waals surface area contributed by atoms with Crippen molar-refractivity contribution in [3.63, 3.8) is 0 Å². The van der Waals surface area contributed by atoms with E-state index in [0.717, 1.165) is 50.0 Å². The SMILES string of the molecule is O=C(c1cc2ncccn2n1)N1C[C@H]2CCc3c(nc(N4CCCC4)[nH]c3=O)[C@H]2C1. The quantitative estimate of drug-likeness (QED) is 0.688. The Morgan fingerprint density at radius 1 is 1.20 bits per heavy atom. The van der Waals surface area contributed by atoms with Gasteiger partial charge in [-0.25, -0.2) is 14.5 Å². The number of rotatable bonds is 2. The van der Waals surface area contributed by atoms with Gasteiger partial charge in [0.1, 0.15) is 0 Å². The average molecular weight is 405 g/mol. The highest BCUT2D eigenvalue weighted by Gasteiger charge is 2.42. The third-order valence-corrected chi connectivity index (χ3v) is 6.74. The van der Waals surface area contributed by atoms with Crippen molar-refractivity contribution in [3.8, 4) is 0 Å². The summed E-state index contributed by atoms with van der Waals surface area (Å²) in [5.41, 5.74) is 2.74. The van der Waals surface area contributed by atoms with Gasteiger partial charge in [0.25, 0.3) is 11.5 Å². The summed E-state index contributed by atoms with van der Waals surface area (Å²) in [5.74, 6) is 1.04. The van der Waals surface area contributed by atoms with Gasteiger partial charge in [0.05, 0.1) is 5.69 Å². The Kier molecular flexibility index (Phi) is 3.90. The maximum Gasteiger partial charge on any atom is 0.274 e. The number of aromatic amines is 1. The van der Waals surface area contributed by atoms with Crippen LogP contribution in [0.15, 0.2) is 29.3 Å². The van der Waals surface area contributed by atoms with Gasteiger partial charge in [-0.2, -0.15) is 5.10 Å². The standard InChI is InChI=1S/C21H23N7O2/c29-19-14-5-4-13-11-27(20(30)16-10-17-22-6-3-9-28(17)25-16)12-15(13)18(14)23-21(24-19)26-7-1-2-8-26/h3,6,9-10,13,15H,1-2,4-5,7-8,11-12H2,(H,23,24,29)/t13-,15+/m1/s1. The van der Waals surface area contributed by atoms with Crippen LogP contribution in [0.2, 0.25) is 0 Å². The van der Waals surface area contributed by atoms with Gasteiger partial charge in [-0.1, -0.05) is 0 Å². The Bertz CT molecular complexity index is 1160. The molecule has 0 spiro atoms. The van der Waals surface area contributed by atoms with Crippen LogP contribution in [0.4, 0.5) is 5.95 Å². The minimum atomic E-state index is -0.0824. The number of hydrogen-bond acceptors (Lipinski definition) is 6. The first-order valence-corrected chi connectivity index (χ1v) is 10.6. The lowest BCUT2D eigenvalue weighted by Gasteiger charge is -2.27. The molecule has 30 heavy (non-hydrogen) atoms. The van der Waals surface area contributed by atoms with E-state index in [4.69, 9.17) is 4.98 Å². The molecule has 0 aromatic carbocycles. The zero-order chi connectivity index (χ0) is 20.2. The number of carbonyl (C=O) groups excluding carboxylic acids is 1. The highest BCUT2D eigenvalue weighted by Crippen LogP contribution is 2.40. The number of nitrogens with one attached hydrogen (secondary N) is 1. The number of anilines is 1. The van der Waals surface area contributed by atoms with Crippen molar-refractivity contribution in [1.29, 1.82) is 0 Å². The van der Waals surface area contributed by atoms with Gasteiger partial charge in [0, 0.05) is 56.1 Å². The number of hydrogen-bond donors (Lipinski definition) is 1. The minimum absolute atomic E-state index is 0.0171. The molecule has 2 aliphatic heterocycles. The van der Waals surface area contributed by atoms with Crippen LogP contribution in [0.3, 0.4) is 0 Å². The monoisotopic (exact) mass is 405 g/mol. The van der Waals surface area contributed by atoms with E-state index in [-0.39, 0.29) is 17.4 Å². The van der Waals surface area contributed by atoms with E-state index in [9.17, 15) is 9.59 Å². The van der Waals surface area contributed by atoms with E-state index in [2.05, 4.69) is 20.0 Å². The summed E-state index contributed by atoms with van der Waals surface area (Å²) in [5, 5.41) is 4.39. The van der Waals surface area contributed by atoms with Crippen LogP contribution in [-0.4, -0.2) is 61.6 Å². The molecule has 9 heteroatoms. The summed E-state index contributed by atoms with van der Waals surface area (Å²) >= 11 is 0. The van der Waals surface area contributed by atoms with Gasteiger partial charge in [-0.15, -0.1) is 0 Å². The van der Waals surface area contributed by atoms with Gasteiger partial charge in [-0.05, 0) is 37.7 Å². The lowest BCUT2D eigenvalue weighted by atomic mass is 9.80. The third-order valence-electron chi connectivity index (χ3n) is 6.74. The summed E-state index contributed by atoms with van der Waals surface area (Å²) in [7, 11) is 0. The summed E-state index contributed by atoms with van der Waals surface area (Å²) in [6.45, 7) is 3.12. The first-order valence-electron chi connectivity index (χ1n) is 10.6. The lowest BCUT2D eigenvalue weighted by Crippen LogP contribution is -2.32. The molecule has 3 aromatic heterocycles. The van der Waals surface area contributed by atoms with E-state index >= 15 is 0 Å². The van der Waals surface area contributed by atoms with Gasteiger partial charge >= 0.3 is 0 Å². The fourth-order valence-corrected chi connectivity index (χ4v) is 5.20. The highest BCUT2D eigenvalue weighted by atomic mass is 16.2. The Labute approximate surface area is 172 Å². The van der Waals surface area contributed by atoms with Gasteiger partial charge in [0.15, 0.2) is 11.3 Å². The molecule has 1 amide bonds. The largest absolute Gasteiger partial charge is 0.342 e. The number of amides is 1. The number of aromatic nitrogens is 5. The molecule has 0 unspecified atom stereocenters. The smallest absolute Gasteiger partial charge is 0.274 e. The van der Waals surface area contributed by atoms with E-state index in [1.807, 2.05) is 4.90 Å². The second-order valence-electron chi connectivity index (χ2n) is 8.51. The summed E-state index contributed by atoms with van der Waals surface area (Å²) in [4.78, 5) is 42.1. The minimum Gasteiger partial charge on any atom is -0.342 e. The van der Waals surface area contributed by atoms with Crippen LogP contribution < -0.4 is 10.5 Å². The molecule has 2 saturated heterocycles. The predicted molar refractivity (Wildman–Crippen MR) is 110 cm³/mol. The van der Waals surface area contributed by atoms with Gasteiger partial charge in [-0.3, -0.25) is 14.6 Å². The van der Waals surface area contributed by atoms with Crippen molar-refractivity contribution in [2.24, 2.45) is 5.92 Å². The first-order chi connectivity index (χ1) is 14.7. The molecule has 2 atom stereocenters. The van der Waals surface area contributed by atoms with E-state index in [0.29, 0.717) is 36.3 Å². The molecule has 3 aromatic rings. The molecular formula is C21H23N7O2. The fourth-order valence-electron chi connectivity index (χ4n) is 5.20. The van der Waals surface area contributed by atoms with Crippen LogP contribution >= 0.6 is 0 Å². The molecule has 0 bridgehead atoms. The van der Waals surface area contributed by atoms with E-state index < -0.39 is 0 Å². The third kappa shape index (κ3) is 2.72. The highest BCUT2D eigenvalue weighted by molar-refractivity contribution is 5.93. The summed E-state index contributed by atoms with van der Waals surface area (Å²) in [6.07, 6.45) is 7.36. The Morgan fingerprint density at radius 3 is 2.90 bits per heavy atom. The molecule has 1 N–H and O–H groups in total. The summed E-state index contributed by atoms with van der Waals surface area (Å²) < 4.78 is 1.62. The predicted octanol–water partition coefficient (Wildman–Crippen LogP) is 1.21. The molecule has 2 fully saturated rings. The zero-order valence-corrected chi connectivity index (χ0v) is 16.6. The molecule has 0 saturated carbocycles. The van der Waals surface area contributed by atoms with Crippen LogP contribution in [0.1, 0.15) is 46.9 Å². The Balaban J connectivity index is 1.31. The maximum absolute atomic E-state index is 13.1. The van der Waals surface area contributed by atoms with Crippen molar-refractivity contribution in [1.82, 2.24) is 29.5 Å². The molecule has 6 rings (SSSR count). The van der Waals surface area contributed by atoms with Crippen LogP contribution in [0.25, 0.3) is 5.65 Å². The second kappa shape index (κ2) is 6.65.